The number of hydrogen-bond donors (Lipinski definition) is 1. The summed E-state index contributed by atoms with van der Waals surface area (Å²) in [6.45, 7) is 1.06. The zero-order valence-corrected chi connectivity index (χ0v) is 18.9. The van der Waals surface area contributed by atoms with Crippen LogP contribution in [0.25, 0.3) is 0 Å². The lowest BCUT2D eigenvalue weighted by Crippen LogP contribution is -2.49. The van der Waals surface area contributed by atoms with Crippen LogP contribution in [-0.4, -0.2) is 32.4 Å². The van der Waals surface area contributed by atoms with Gasteiger partial charge in [0.05, 0.1) is 16.5 Å². The molecule has 1 aliphatic rings. The fraction of sp³-hybridized carbons (Fsp3) is 0.174. The van der Waals surface area contributed by atoms with Gasteiger partial charge in [-0.2, -0.15) is 0 Å². The molecule has 172 valence electrons. The van der Waals surface area contributed by atoms with Crippen LogP contribution in [0.3, 0.4) is 0 Å². The highest BCUT2D eigenvalue weighted by Crippen LogP contribution is 2.26. The summed E-state index contributed by atoms with van der Waals surface area (Å²) in [6, 6.07) is 15.2. The van der Waals surface area contributed by atoms with Crippen molar-refractivity contribution in [2.45, 2.75) is 17.9 Å². The smallest absolute Gasteiger partial charge is 0.320 e. The van der Waals surface area contributed by atoms with E-state index >= 15 is 0 Å². The summed E-state index contributed by atoms with van der Waals surface area (Å²) in [6.07, 6.45) is 0.687. The number of nitrogens with zero attached hydrogens (tertiary/aromatic N) is 2. The van der Waals surface area contributed by atoms with Crippen LogP contribution in [0, 0.1) is 11.6 Å². The van der Waals surface area contributed by atoms with Gasteiger partial charge < -0.3 is 4.90 Å². The van der Waals surface area contributed by atoms with Gasteiger partial charge in [-0.05, 0) is 61.0 Å². The first kappa shape index (κ1) is 23.0. The fourth-order valence-electron chi connectivity index (χ4n) is 3.58. The zero-order chi connectivity index (χ0) is 23.6. The average Bonchev–Trinajstić information content (AvgIpc) is 2.79. The van der Waals surface area contributed by atoms with Crippen molar-refractivity contribution in [1.29, 1.82) is 0 Å². The maximum absolute atomic E-state index is 14.3. The average molecular weight is 492 g/mol. The van der Waals surface area contributed by atoms with Gasteiger partial charge in [0.15, 0.2) is 0 Å². The third-order valence-electron chi connectivity index (χ3n) is 5.26. The van der Waals surface area contributed by atoms with Gasteiger partial charge in [0.25, 0.3) is 10.0 Å². The molecule has 3 aromatic carbocycles. The number of carbonyl (C=O) groups excluding carboxylic acids is 1. The molecule has 3 aromatic rings. The van der Waals surface area contributed by atoms with E-state index < -0.39 is 21.7 Å². The van der Waals surface area contributed by atoms with Gasteiger partial charge in [0.2, 0.25) is 0 Å². The second-order valence-electron chi connectivity index (χ2n) is 7.53. The van der Waals surface area contributed by atoms with E-state index in [0.717, 1.165) is 12.1 Å². The molecule has 0 aliphatic carbocycles. The number of urea groups is 1. The van der Waals surface area contributed by atoms with Gasteiger partial charge in [-0.15, -0.1) is 0 Å². The monoisotopic (exact) mass is 491 g/mol. The highest BCUT2D eigenvalue weighted by molar-refractivity contribution is 7.92. The van der Waals surface area contributed by atoms with Crippen LogP contribution in [0.4, 0.5) is 25.0 Å². The third kappa shape index (κ3) is 5.09. The quantitative estimate of drug-likeness (QED) is 0.512. The van der Waals surface area contributed by atoms with Crippen molar-refractivity contribution in [2.24, 2.45) is 0 Å². The number of sulfonamides is 1. The molecule has 0 radical (unpaired) electrons. The molecule has 1 saturated heterocycles. The number of benzene rings is 3. The van der Waals surface area contributed by atoms with Crippen molar-refractivity contribution < 1.29 is 22.0 Å². The minimum Gasteiger partial charge on any atom is -0.320 e. The van der Waals surface area contributed by atoms with E-state index in [1.165, 1.54) is 18.2 Å². The predicted molar refractivity (Wildman–Crippen MR) is 123 cm³/mol. The Hall–Kier alpha value is -3.17. The van der Waals surface area contributed by atoms with Crippen LogP contribution in [0.15, 0.2) is 71.6 Å². The van der Waals surface area contributed by atoms with E-state index in [-0.39, 0.29) is 22.5 Å². The van der Waals surface area contributed by atoms with Crippen molar-refractivity contribution >= 4 is 39.0 Å². The van der Waals surface area contributed by atoms with Crippen LogP contribution in [0.1, 0.15) is 12.0 Å². The summed E-state index contributed by atoms with van der Waals surface area (Å²) < 4.78 is 54.7. The summed E-state index contributed by atoms with van der Waals surface area (Å²) in [5, 5.41) is 0.00694. The molecule has 1 aliphatic heterocycles. The minimum atomic E-state index is -3.88. The van der Waals surface area contributed by atoms with E-state index in [9.17, 15) is 22.0 Å². The maximum Gasteiger partial charge on any atom is 0.324 e. The van der Waals surface area contributed by atoms with Crippen molar-refractivity contribution in [3.05, 3.63) is 89.0 Å². The number of carbonyl (C=O) groups is 1. The van der Waals surface area contributed by atoms with Crippen molar-refractivity contribution in [2.75, 3.05) is 22.7 Å². The lowest BCUT2D eigenvalue weighted by Gasteiger charge is -2.35. The molecule has 0 spiro atoms. The Morgan fingerprint density at radius 1 is 0.939 bits per heavy atom. The number of hydrogen-bond acceptors (Lipinski definition) is 3. The highest BCUT2D eigenvalue weighted by Gasteiger charge is 2.27. The van der Waals surface area contributed by atoms with Gasteiger partial charge in [0, 0.05) is 30.0 Å². The Bertz CT molecular complexity index is 1270. The van der Waals surface area contributed by atoms with Crippen LogP contribution in [0.2, 0.25) is 5.02 Å². The Morgan fingerprint density at radius 3 is 2.33 bits per heavy atom. The SMILES string of the molecule is O=C1N(Cc2cccc(Cl)c2F)CCCN1c1ccc(NS(=O)(=O)c2ccc(F)cc2)cc1. The molecule has 0 saturated carbocycles. The topological polar surface area (TPSA) is 69.7 Å². The second kappa shape index (κ2) is 9.36. The largest absolute Gasteiger partial charge is 0.324 e. The molecule has 2 amide bonds. The predicted octanol–water partition coefficient (Wildman–Crippen LogP) is 5.25. The number of rotatable bonds is 6. The molecule has 0 bridgehead atoms. The van der Waals surface area contributed by atoms with Crippen LogP contribution in [0.5, 0.6) is 0 Å². The normalized spacial score (nSPS) is 14.5. The Balaban J connectivity index is 1.47. The van der Waals surface area contributed by atoms with E-state index in [2.05, 4.69) is 4.72 Å². The number of anilines is 2. The van der Waals surface area contributed by atoms with Gasteiger partial charge in [-0.1, -0.05) is 23.7 Å². The molecule has 33 heavy (non-hydrogen) atoms. The summed E-state index contributed by atoms with van der Waals surface area (Å²) in [5.74, 6) is -1.07. The minimum absolute atomic E-state index is 0.00694. The van der Waals surface area contributed by atoms with E-state index in [4.69, 9.17) is 11.6 Å². The molecule has 0 aromatic heterocycles. The number of halogens is 3. The molecule has 6 nitrogen and oxygen atoms in total. The molecule has 1 fully saturated rings. The lowest BCUT2D eigenvalue weighted by atomic mass is 10.1. The van der Waals surface area contributed by atoms with Gasteiger partial charge in [-0.25, -0.2) is 22.0 Å². The highest BCUT2D eigenvalue weighted by atomic mass is 35.5. The lowest BCUT2D eigenvalue weighted by molar-refractivity contribution is 0.192. The van der Waals surface area contributed by atoms with Crippen molar-refractivity contribution in [3.8, 4) is 0 Å². The van der Waals surface area contributed by atoms with E-state index in [1.807, 2.05) is 0 Å². The summed E-state index contributed by atoms with van der Waals surface area (Å²) in [7, 11) is -3.88. The van der Waals surface area contributed by atoms with Gasteiger partial charge in [-0.3, -0.25) is 9.62 Å². The van der Waals surface area contributed by atoms with Crippen LogP contribution in [-0.2, 0) is 16.6 Å². The Labute approximate surface area is 195 Å². The molecule has 1 heterocycles. The second-order valence-corrected chi connectivity index (χ2v) is 9.62. The van der Waals surface area contributed by atoms with Gasteiger partial charge >= 0.3 is 6.03 Å². The first-order valence-electron chi connectivity index (χ1n) is 10.1. The molecule has 1 N–H and O–H groups in total. The number of amides is 2. The van der Waals surface area contributed by atoms with Crippen molar-refractivity contribution in [1.82, 2.24) is 4.90 Å². The fourth-order valence-corrected chi connectivity index (χ4v) is 4.83. The van der Waals surface area contributed by atoms with Crippen LogP contribution >= 0.6 is 11.6 Å². The summed E-state index contributed by atoms with van der Waals surface area (Å²) in [5.41, 5.74) is 1.22. The van der Waals surface area contributed by atoms with Crippen molar-refractivity contribution in [3.63, 3.8) is 0 Å². The molecular weight excluding hydrogens is 472 g/mol. The molecule has 0 unspecified atom stereocenters. The molecule has 10 heteroatoms. The van der Waals surface area contributed by atoms with Crippen LogP contribution < -0.4 is 9.62 Å². The Morgan fingerprint density at radius 2 is 1.64 bits per heavy atom. The van der Waals surface area contributed by atoms with Gasteiger partial charge in [0.1, 0.15) is 11.6 Å². The summed E-state index contributed by atoms with van der Waals surface area (Å²) in [4.78, 5) is 16.0. The maximum atomic E-state index is 14.3. The molecule has 4 rings (SSSR count). The van der Waals surface area contributed by atoms with E-state index in [1.54, 1.807) is 46.2 Å². The summed E-state index contributed by atoms with van der Waals surface area (Å²) >= 11 is 5.84. The molecular formula is C23H20ClF2N3O3S. The standard InChI is InChI=1S/C23H20ClF2N3O3S/c24-21-4-1-3-16(22(21)26)15-28-13-2-14-29(23(28)30)19-9-7-18(8-10-19)27-33(31,32)20-11-5-17(25)6-12-20/h1,3-12,27H,2,13-15H2. The number of nitrogens with one attached hydrogen (secondary N) is 1. The zero-order valence-electron chi connectivity index (χ0n) is 17.3. The third-order valence-corrected chi connectivity index (χ3v) is 6.95. The van der Waals surface area contributed by atoms with E-state index in [0.29, 0.717) is 36.4 Å². The molecule has 0 atom stereocenters. The first-order chi connectivity index (χ1) is 15.7. The Kier molecular flexibility index (Phi) is 6.53. The first-order valence-corrected chi connectivity index (χ1v) is 12.0.